The number of pyridine rings is 1. The van der Waals surface area contributed by atoms with Crippen LogP contribution >= 0.6 is 0 Å². The fourth-order valence-electron chi connectivity index (χ4n) is 5.12. The summed E-state index contributed by atoms with van der Waals surface area (Å²) in [5.74, 6) is -3.73. The molecule has 1 N–H and O–H groups in total. The molecule has 30 heavy (non-hydrogen) atoms. The Morgan fingerprint density at radius 2 is 2.10 bits per heavy atom. The molecule has 156 valence electrons. The highest BCUT2D eigenvalue weighted by Gasteiger charge is 2.84. The van der Waals surface area contributed by atoms with Gasteiger partial charge in [-0.05, 0) is 30.2 Å². The minimum absolute atomic E-state index is 0.0524. The van der Waals surface area contributed by atoms with E-state index < -0.39 is 23.2 Å². The minimum Gasteiger partial charge on any atom is -0.497 e. The van der Waals surface area contributed by atoms with Gasteiger partial charge in [-0.25, -0.2) is 8.78 Å². The number of fused-ring (bicyclic) bond motifs is 2. The van der Waals surface area contributed by atoms with E-state index in [1.54, 1.807) is 48.3 Å². The molecule has 1 saturated carbocycles. The van der Waals surface area contributed by atoms with Gasteiger partial charge in [0, 0.05) is 32.5 Å². The van der Waals surface area contributed by atoms with Crippen molar-refractivity contribution >= 4 is 16.8 Å². The molecule has 0 spiro atoms. The molecule has 2 aromatic heterocycles. The van der Waals surface area contributed by atoms with Crippen LogP contribution in [0.15, 0.2) is 41.5 Å². The fraction of sp³-hybridized carbons (Fsp3) is 0.364. The minimum atomic E-state index is -2.89. The third-order valence-electron chi connectivity index (χ3n) is 6.69. The van der Waals surface area contributed by atoms with E-state index in [0.29, 0.717) is 22.2 Å². The number of methoxy groups -OCH3 is 1. The van der Waals surface area contributed by atoms with Crippen molar-refractivity contribution in [1.82, 2.24) is 14.5 Å². The van der Waals surface area contributed by atoms with Crippen molar-refractivity contribution < 1.29 is 18.3 Å². The molecule has 1 saturated heterocycles. The van der Waals surface area contributed by atoms with Crippen LogP contribution in [0, 0.1) is 12.8 Å². The molecule has 0 radical (unpaired) electrons. The maximum Gasteiger partial charge on any atom is 0.265 e. The van der Waals surface area contributed by atoms with Gasteiger partial charge in [-0.2, -0.15) is 0 Å². The van der Waals surface area contributed by atoms with Crippen molar-refractivity contribution in [3.63, 3.8) is 0 Å². The van der Waals surface area contributed by atoms with Gasteiger partial charge < -0.3 is 19.2 Å². The zero-order chi connectivity index (χ0) is 21.4. The van der Waals surface area contributed by atoms with Crippen molar-refractivity contribution in [2.75, 3.05) is 20.2 Å². The van der Waals surface area contributed by atoms with Gasteiger partial charge in [0.05, 0.1) is 34.9 Å². The number of carbonyl (C=O) groups excluding carboxylic acids is 1. The largest absolute Gasteiger partial charge is 0.497 e. The van der Waals surface area contributed by atoms with Gasteiger partial charge >= 0.3 is 0 Å². The summed E-state index contributed by atoms with van der Waals surface area (Å²) in [5.41, 5.74) is 0.428. The van der Waals surface area contributed by atoms with Crippen molar-refractivity contribution in [3.05, 3.63) is 63.7 Å². The van der Waals surface area contributed by atoms with Gasteiger partial charge in [0.1, 0.15) is 5.75 Å². The Morgan fingerprint density at radius 1 is 1.33 bits per heavy atom. The number of aromatic amines is 1. The third kappa shape index (κ3) is 2.21. The van der Waals surface area contributed by atoms with Crippen molar-refractivity contribution in [1.29, 1.82) is 0 Å². The summed E-state index contributed by atoms with van der Waals surface area (Å²) >= 11 is 0. The molecule has 1 aromatic carbocycles. The topological polar surface area (TPSA) is 67.3 Å². The Balaban J connectivity index is 1.54. The van der Waals surface area contributed by atoms with Crippen molar-refractivity contribution in [2.45, 2.75) is 18.3 Å². The van der Waals surface area contributed by atoms with E-state index in [-0.39, 0.29) is 24.2 Å². The SMILES string of the molecule is COc1cccc(C23CN(C(=O)c4cn(C)c5c(C)c[nH]c(=O)c45)CC2C3(F)F)c1. The summed E-state index contributed by atoms with van der Waals surface area (Å²) < 4.78 is 36.5. The Labute approximate surface area is 171 Å². The van der Waals surface area contributed by atoms with E-state index in [1.165, 1.54) is 12.0 Å². The van der Waals surface area contributed by atoms with Gasteiger partial charge in [0.25, 0.3) is 17.4 Å². The molecule has 8 heteroatoms. The highest BCUT2D eigenvalue weighted by Crippen LogP contribution is 2.70. The number of ether oxygens (including phenoxy) is 1. The average Bonchev–Trinajstić information content (AvgIpc) is 3.09. The summed E-state index contributed by atoms with van der Waals surface area (Å²) in [6.45, 7) is 1.69. The van der Waals surface area contributed by atoms with Crippen LogP contribution in [0.4, 0.5) is 8.78 Å². The van der Waals surface area contributed by atoms with E-state index in [4.69, 9.17) is 4.74 Å². The summed E-state index contributed by atoms with van der Waals surface area (Å²) in [6.07, 6.45) is 3.21. The van der Waals surface area contributed by atoms with Crippen LogP contribution < -0.4 is 10.3 Å². The molecule has 3 aromatic rings. The zero-order valence-corrected chi connectivity index (χ0v) is 16.8. The van der Waals surface area contributed by atoms with E-state index in [2.05, 4.69) is 4.98 Å². The van der Waals surface area contributed by atoms with Crippen molar-refractivity contribution in [2.24, 2.45) is 13.0 Å². The molecule has 6 nitrogen and oxygen atoms in total. The molecule has 2 fully saturated rings. The van der Waals surface area contributed by atoms with Crippen LogP contribution in [0.3, 0.4) is 0 Å². The molecule has 2 unspecified atom stereocenters. The summed E-state index contributed by atoms with van der Waals surface area (Å²) in [7, 11) is 3.25. The van der Waals surface area contributed by atoms with Crippen LogP contribution in [0.5, 0.6) is 5.75 Å². The number of piperidine rings is 1. The average molecular weight is 413 g/mol. The van der Waals surface area contributed by atoms with E-state index in [9.17, 15) is 18.4 Å². The zero-order valence-electron chi connectivity index (χ0n) is 16.8. The molecule has 5 rings (SSSR count). The molecule has 2 aliphatic rings. The van der Waals surface area contributed by atoms with Crippen LogP contribution in [0.25, 0.3) is 10.9 Å². The van der Waals surface area contributed by atoms with Crippen LogP contribution in [-0.2, 0) is 12.5 Å². The van der Waals surface area contributed by atoms with E-state index in [0.717, 1.165) is 5.56 Å². The monoisotopic (exact) mass is 413 g/mol. The number of aryl methyl sites for hydroxylation is 2. The number of hydrogen-bond acceptors (Lipinski definition) is 3. The molecular formula is C22H21F2N3O3. The number of amides is 1. The number of H-pyrrole nitrogens is 1. The second-order valence-electron chi connectivity index (χ2n) is 8.24. The van der Waals surface area contributed by atoms with Gasteiger partial charge in [0.2, 0.25) is 0 Å². The number of aromatic nitrogens is 2. The number of nitrogens with one attached hydrogen (secondary N) is 1. The fourth-order valence-corrected chi connectivity index (χ4v) is 5.12. The Hall–Kier alpha value is -3.16. The first kappa shape index (κ1) is 18.8. The van der Waals surface area contributed by atoms with Gasteiger partial charge in [-0.3, -0.25) is 9.59 Å². The number of benzene rings is 1. The number of nitrogens with zero attached hydrogens (tertiary/aromatic N) is 2. The molecule has 3 heterocycles. The van der Waals surface area contributed by atoms with Gasteiger partial charge in [-0.15, -0.1) is 0 Å². The number of hydrogen-bond donors (Lipinski definition) is 1. The van der Waals surface area contributed by atoms with E-state index in [1.807, 2.05) is 6.92 Å². The molecule has 1 amide bonds. The summed E-state index contributed by atoms with van der Waals surface area (Å²) in [6, 6.07) is 6.67. The molecule has 1 aliphatic carbocycles. The maximum absolute atomic E-state index is 14.8. The second-order valence-corrected chi connectivity index (χ2v) is 8.24. The molecule has 1 aliphatic heterocycles. The highest BCUT2D eigenvalue weighted by atomic mass is 19.3. The van der Waals surface area contributed by atoms with E-state index >= 15 is 0 Å². The first-order valence-corrected chi connectivity index (χ1v) is 9.71. The standard InChI is InChI=1S/C22H21F2N3O3/c1-12-8-25-19(28)17-15(9-26(2)18(12)17)20(29)27-10-16-21(11-27,22(16,23)24)13-5-4-6-14(7-13)30-3/h4-9,16H,10-11H2,1-3H3,(H,25,28). The van der Waals surface area contributed by atoms with Crippen LogP contribution in [0.1, 0.15) is 21.5 Å². The molecule has 2 atom stereocenters. The smallest absolute Gasteiger partial charge is 0.265 e. The summed E-state index contributed by atoms with van der Waals surface area (Å²) in [4.78, 5) is 29.8. The molecular weight excluding hydrogens is 392 g/mol. The highest BCUT2D eigenvalue weighted by molar-refractivity contribution is 6.07. The third-order valence-corrected chi connectivity index (χ3v) is 6.69. The van der Waals surface area contributed by atoms with Crippen LogP contribution in [-0.4, -0.2) is 46.5 Å². The molecule has 0 bridgehead atoms. The van der Waals surface area contributed by atoms with Crippen LogP contribution in [0.2, 0.25) is 0 Å². The Morgan fingerprint density at radius 3 is 2.83 bits per heavy atom. The predicted octanol–water partition coefficient (Wildman–Crippen LogP) is 2.84. The number of alkyl halides is 2. The maximum atomic E-state index is 14.8. The lowest BCUT2D eigenvalue weighted by Crippen LogP contribution is -2.37. The van der Waals surface area contributed by atoms with Gasteiger partial charge in [-0.1, -0.05) is 12.1 Å². The lowest BCUT2D eigenvalue weighted by atomic mass is 9.94. The summed E-state index contributed by atoms with van der Waals surface area (Å²) in [5, 5.41) is 0.297. The first-order chi connectivity index (χ1) is 14.2. The number of carbonyl (C=O) groups is 1. The number of likely N-dealkylation sites (tertiary alicyclic amines) is 1. The predicted molar refractivity (Wildman–Crippen MR) is 107 cm³/mol. The lowest BCUT2D eigenvalue weighted by Gasteiger charge is -2.24. The normalized spacial score (nSPS) is 24.2. The number of rotatable bonds is 3. The number of halogens is 2. The van der Waals surface area contributed by atoms with Gasteiger partial charge in [0.15, 0.2) is 0 Å². The Kier molecular flexibility index (Phi) is 3.73. The lowest BCUT2D eigenvalue weighted by molar-refractivity contribution is 0.0394. The second kappa shape index (κ2) is 5.93. The van der Waals surface area contributed by atoms with Crippen molar-refractivity contribution in [3.8, 4) is 5.75 Å². The quantitative estimate of drug-likeness (QED) is 0.718. The Bertz CT molecular complexity index is 1260. The first-order valence-electron chi connectivity index (χ1n) is 9.71.